The predicted molar refractivity (Wildman–Crippen MR) is 94.2 cm³/mol. The van der Waals surface area contributed by atoms with Crippen LogP contribution in [-0.2, 0) is 16.1 Å². The van der Waals surface area contributed by atoms with Gasteiger partial charge in [0.25, 0.3) is 0 Å². The first-order chi connectivity index (χ1) is 11.4. The normalized spacial score (nSPS) is 27.6. The molecule has 0 radical (unpaired) electrons. The van der Waals surface area contributed by atoms with Gasteiger partial charge in [0.1, 0.15) is 0 Å². The van der Waals surface area contributed by atoms with Crippen molar-refractivity contribution in [3.05, 3.63) is 35.4 Å². The van der Waals surface area contributed by atoms with E-state index in [2.05, 4.69) is 45.0 Å². The molecule has 2 fully saturated rings. The minimum atomic E-state index is -0.166. The van der Waals surface area contributed by atoms with Crippen molar-refractivity contribution in [1.29, 1.82) is 0 Å². The number of piperidine rings is 1. The average molecular weight is 328 g/mol. The van der Waals surface area contributed by atoms with Crippen LogP contribution in [0.3, 0.4) is 0 Å². The molecular formula is C20H28N2O2. The summed E-state index contributed by atoms with van der Waals surface area (Å²) in [6.07, 6.45) is 1.55. The van der Waals surface area contributed by atoms with Gasteiger partial charge in [0, 0.05) is 32.6 Å². The number of benzene rings is 1. The Hall–Kier alpha value is -1.84. The minimum absolute atomic E-state index is 0.104. The fraction of sp³-hybridized carbons (Fsp3) is 0.600. The molecule has 4 heteroatoms. The highest BCUT2D eigenvalue weighted by atomic mass is 16.2. The molecule has 0 aromatic heterocycles. The van der Waals surface area contributed by atoms with E-state index in [1.54, 1.807) is 0 Å². The Morgan fingerprint density at radius 3 is 2.33 bits per heavy atom. The molecule has 1 aromatic carbocycles. The maximum Gasteiger partial charge on any atom is 0.228 e. The van der Waals surface area contributed by atoms with Gasteiger partial charge in [0.15, 0.2) is 0 Å². The summed E-state index contributed by atoms with van der Waals surface area (Å²) in [6.45, 7) is 9.32. The Kier molecular flexibility index (Phi) is 4.93. The number of hydrogen-bond donors (Lipinski definition) is 0. The van der Waals surface area contributed by atoms with Crippen molar-refractivity contribution in [2.45, 2.75) is 40.2 Å². The standard InChI is InChI=1S/C20H28N2O2/c1-14-4-6-17(7-5-14)12-21-13-18(9-19(21)23)20(24)22-10-15(2)8-16(3)11-22/h4-7,15-16,18H,8-13H2,1-3H3/t15-,16-,18+/m1/s1. The van der Waals surface area contributed by atoms with Gasteiger partial charge in [0.2, 0.25) is 11.8 Å². The van der Waals surface area contributed by atoms with E-state index in [1.165, 1.54) is 12.0 Å². The quantitative estimate of drug-likeness (QED) is 0.856. The minimum Gasteiger partial charge on any atom is -0.342 e. The predicted octanol–water partition coefficient (Wildman–Crippen LogP) is 2.85. The molecule has 3 rings (SSSR count). The lowest BCUT2D eigenvalue weighted by atomic mass is 9.91. The highest BCUT2D eigenvalue weighted by Crippen LogP contribution is 2.26. The van der Waals surface area contributed by atoms with Crippen LogP contribution in [0.2, 0.25) is 0 Å². The molecule has 3 atom stereocenters. The van der Waals surface area contributed by atoms with E-state index in [1.807, 2.05) is 9.80 Å². The maximum absolute atomic E-state index is 12.8. The summed E-state index contributed by atoms with van der Waals surface area (Å²) in [5.41, 5.74) is 2.34. The monoisotopic (exact) mass is 328 g/mol. The third-order valence-corrected chi connectivity index (χ3v) is 5.24. The summed E-state index contributed by atoms with van der Waals surface area (Å²) in [5, 5.41) is 0. The third kappa shape index (κ3) is 3.80. The molecular weight excluding hydrogens is 300 g/mol. The fourth-order valence-corrected chi connectivity index (χ4v) is 4.11. The van der Waals surface area contributed by atoms with Crippen molar-refractivity contribution >= 4 is 11.8 Å². The Bertz CT molecular complexity index is 601. The van der Waals surface area contributed by atoms with Crippen molar-refractivity contribution < 1.29 is 9.59 Å². The second kappa shape index (κ2) is 6.96. The second-order valence-electron chi connectivity index (χ2n) is 7.85. The lowest BCUT2D eigenvalue weighted by Crippen LogP contribution is -2.45. The molecule has 130 valence electrons. The Morgan fingerprint density at radius 2 is 1.71 bits per heavy atom. The largest absolute Gasteiger partial charge is 0.342 e. The molecule has 2 aliphatic rings. The molecule has 0 saturated carbocycles. The number of aryl methyl sites for hydroxylation is 1. The first-order valence-electron chi connectivity index (χ1n) is 9.04. The lowest BCUT2D eigenvalue weighted by Gasteiger charge is -2.36. The van der Waals surface area contributed by atoms with Crippen LogP contribution in [0.4, 0.5) is 0 Å². The Labute approximate surface area is 144 Å². The molecule has 0 N–H and O–H groups in total. The van der Waals surface area contributed by atoms with Gasteiger partial charge < -0.3 is 9.80 Å². The Morgan fingerprint density at radius 1 is 1.08 bits per heavy atom. The summed E-state index contributed by atoms with van der Waals surface area (Å²) in [4.78, 5) is 29.0. The summed E-state index contributed by atoms with van der Waals surface area (Å²) in [7, 11) is 0. The van der Waals surface area contributed by atoms with Gasteiger partial charge in [-0.15, -0.1) is 0 Å². The van der Waals surface area contributed by atoms with E-state index in [-0.39, 0.29) is 17.7 Å². The third-order valence-electron chi connectivity index (χ3n) is 5.24. The van der Waals surface area contributed by atoms with Crippen LogP contribution in [0.1, 0.15) is 37.8 Å². The number of carbonyl (C=O) groups excluding carboxylic acids is 2. The van der Waals surface area contributed by atoms with Gasteiger partial charge in [-0.1, -0.05) is 43.7 Å². The van der Waals surface area contributed by atoms with Gasteiger partial charge in [0.05, 0.1) is 5.92 Å². The molecule has 2 saturated heterocycles. The molecule has 4 nitrogen and oxygen atoms in total. The molecule has 24 heavy (non-hydrogen) atoms. The van der Waals surface area contributed by atoms with Gasteiger partial charge >= 0.3 is 0 Å². The summed E-state index contributed by atoms with van der Waals surface area (Å²) < 4.78 is 0. The second-order valence-corrected chi connectivity index (χ2v) is 7.85. The van der Waals surface area contributed by atoms with E-state index in [0.29, 0.717) is 31.3 Å². The molecule has 2 aliphatic heterocycles. The average Bonchev–Trinajstić information content (AvgIpc) is 2.89. The molecule has 0 spiro atoms. The van der Waals surface area contributed by atoms with Crippen LogP contribution < -0.4 is 0 Å². The van der Waals surface area contributed by atoms with E-state index < -0.39 is 0 Å². The van der Waals surface area contributed by atoms with Crippen molar-refractivity contribution in [2.24, 2.45) is 17.8 Å². The SMILES string of the molecule is Cc1ccc(CN2C[C@@H](C(=O)N3C[C@H](C)C[C@@H](C)C3)CC2=O)cc1. The topological polar surface area (TPSA) is 40.6 Å². The highest BCUT2D eigenvalue weighted by molar-refractivity contribution is 5.89. The van der Waals surface area contributed by atoms with Gasteiger partial charge in [-0.25, -0.2) is 0 Å². The molecule has 1 aromatic rings. The number of carbonyl (C=O) groups is 2. The number of rotatable bonds is 3. The molecule has 0 aliphatic carbocycles. The lowest BCUT2D eigenvalue weighted by molar-refractivity contribution is -0.138. The van der Waals surface area contributed by atoms with Crippen LogP contribution in [-0.4, -0.2) is 41.2 Å². The van der Waals surface area contributed by atoms with Crippen LogP contribution in [0.15, 0.2) is 24.3 Å². The van der Waals surface area contributed by atoms with E-state index in [4.69, 9.17) is 0 Å². The first-order valence-corrected chi connectivity index (χ1v) is 9.04. The summed E-state index contributed by atoms with van der Waals surface area (Å²) >= 11 is 0. The van der Waals surface area contributed by atoms with E-state index in [9.17, 15) is 9.59 Å². The fourth-order valence-electron chi connectivity index (χ4n) is 4.11. The van der Waals surface area contributed by atoms with Crippen LogP contribution in [0.25, 0.3) is 0 Å². The summed E-state index contributed by atoms with van der Waals surface area (Å²) in [5.74, 6) is 1.22. The number of amides is 2. The van der Waals surface area contributed by atoms with E-state index >= 15 is 0 Å². The molecule has 0 bridgehead atoms. The first kappa shape index (κ1) is 17.0. The van der Waals surface area contributed by atoms with Crippen LogP contribution in [0.5, 0.6) is 0 Å². The van der Waals surface area contributed by atoms with Crippen LogP contribution in [0, 0.1) is 24.7 Å². The van der Waals surface area contributed by atoms with Gasteiger partial charge in [-0.05, 0) is 30.7 Å². The van der Waals surface area contributed by atoms with E-state index in [0.717, 1.165) is 18.7 Å². The zero-order valence-corrected chi connectivity index (χ0v) is 15.0. The summed E-state index contributed by atoms with van der Waals surface area (Å²) in [6, 6.07) is 8.25. The van der Waals surface area contributed by atoms with Gasteiger partial charge in [-0.2, -0.15) is 0 Å². The maximum atomic E-state index is 12.8. The van der Waals surface area contributed by atoms with Crippen molar-refractivity contribution in [3.63, 3.8) is 0 Å². The molecule has 2 amide bonds. The van der Waals surface area contributed by atoms with Crippen LogP contribution >= 0.6 is 0 Å². The zero-order chi connectivity index (χ0) is 17.3. The smallest absolute Gasteiger partial charge is 0.228 e. The number of hydrogen-bond acceptors (Lipinski definition) is 2. The van der Waals surface area contributed by atoms with Gasteiger partial charge in [-0.3, -0.25) is 9.59 Å². The molecule has 2 heterocycles. The van der Waals surface area contributed by atoms with Crippen molar-refractivity contribution in [3.8, 4) is 0 Å². The zero-order valence-electron chi connectivity index (χ0n) is 15.0. The number of likely N-dealkylation sites (tertiary alicyclic amines) is 2. The van der Waals surface area contributed by atoms with Crippen molar-refractivity contribution in [2.75, 3.05) is 19.6 Å². The molecule has 0 unspecified atom stereocenters. The highest BCUT2D eigenvalue weighted by Gasteiger charge is 2.38. The number of nitrogens with zero attached hydrogens (tertiary/aromatic N) is 2. The van der Waals surface area contributed by atoms with Crippen molar-refractivity contribution in [1.82, 2.24) is 9.80 Å². The Balaban J connectivity index is 1.61.